The highest BCUT2D eigenvalue weighted by Crippen LogP contribution is 2.63. The number of benzene rings is 3. The largest absolute Gasteiger partial charge is 0.278 e. The summed E-state index contributed by atoms with van der Waals surface area (Å²) in [6, 6.07) is 26.6. The molecular weight excluding hydrogens is 358 g/mol. The van der Waals surface area contributed by atoms with Crippen LogP contribution in [0, 0.1) is 11.8 Å². The van der Waals surface area contributed by atoms with Crippen LogP contribution in [0.2, 0.25) is 0 Å². The maximum Gasteiger partial charge on any atom is 0.234 e. The van der Waals surface area contributed by atoms with Crippen LogP contribution in [0.15, 0.2) is 78.9 Å². The molecule has 7 rings (SSSR count). The van der Waals surface area contributed by atoms with Crippen molar-refractivity contribution in [3.8, 4) is 0 Å². The molecule has 29 heavy (non-hydrogen) atoms. The summed E-state index contributed by atoms with van der Waals surface area (Å²) in [6.45, 7) is 2.51. The predicted octanol–water partition coefficient (Wildman–Crippen LogP) is 4.25. The van der Waals surface area contributed by atoms with Gasteiger partial charge in [-0.25, -0.2) is 0 Å². The molecule has 1 fully saturated rings. The summed E-state index contributed by atoms with van der Waals surface area (Å²) in [6.07, 6.45) is 0. The number of carbonyl (C=O) groups is 2. The number of carbonyl (C=O) groups excluding carboxylic acids is 2. The summed E-state index contributed by atoms with van der Waals surface area (Å²) < 4.78 is 0. The number of hydrogen-bond acceptors (Lipinski definition) is 2. The third-order valence-corrected chi connectivity index (χ3v) is 7.32. The molecule has 3 aromatic carbocycles. The molecule has 0 saturated carbocycles. The number of hydrogen-bond donors (Lipinski definition) is 0. The van der Waals surface area contributed by atoms with Crippen molar-refractivity contribution in [1.29, 1.82) is 0 Å². The molecule has 2 bridgehead atoms. The highest BCUT2D eigenvalue weighted by molar-refractivity contribution is 6.08. The number of rotatable bonds is 2. The lowest BCUT2D eigenvalue weighted by atomic mass is 9.48. The third kappa shape index (κ3) is 1.97. The highest BCUT2D eigenvalue weighted by Gasteiger charge is 2.66. The number of likely N-dealkylation sites (tertiary alicyclic amines) is 1. The Kier molecular flexibility index (Phi) is 3.27. The van der Waals surface area contributed by atoms with Crippen molar-refractivity contribution in [2.75, 3.05) is 0 Å². The van der Waals surface area contributed by atoms with E-state index in [0.717, 1.165) is 5.56 Å². The SMILES string of the molecule is CC12c3ccccc3C(c3ccccc31)[C@@H]1C(=O)N(Cc3ccccc3)C(=O)[C@@H]12. The maximum atomic E-state index is 13.7. The lowest BCUT2D eigenvalue weighted by Crippen LogP contribution is -2.51. The van der Waals surface area contributed by atoms with E-state index >= 15 is 0 Å². The van der Waals surface area contributed by atoms with Gasteiger partial charge in [0.25, 0.3) is 0 Å². The molecule has 2 atom stereocenters. The Morgan fingerprint density at radius 3 is 1.93 bits per heavy atom. The first-order valence-corrected chi connectivity index (χ1v) is 10.2. The fraction of sp³-hybridized carbons (Fsp3) is 0.231. The lowest BCUT2D eigenvalue weighted by molar-refractivity contribution is -0.140. The van der Waals surface area contributed by atoms with Crippen LogP contribution in [0.5, 0.6) is 0 Å². The van der Waals surface area contributed by atoms with Gasteiger partial charge in [0.2, 0.25) is 11.8 Å². The first kappa shape index (κ1) is 16.7. The monoisotopic (exact) mass is 379 g/mol. The second kappa shape index (κ2) is 5.66. The summed E-state index contributed by atoms with van der Waals surface area (Å²) in [4.78, 5) is 28.8. The summed E-state index contributed by atoms with van der Waals surface area (Å²) in [5, 5.41) is 0. The molecule has 0 N–H and O–H groups in total. The zero-order valence-electron chi connectivity index (χ0n) is 16.2. The molecule has 4 aliphatic rings. The maximum absolute atomic E-state index is 13.7. The van der Waals surface area contributed by atoms with E-state index in [2.05, 4.69) is 31.2 Å². The second-order valence-corrected chi connectivity index (χ2v) is 8.61. The van der Waals surface area contributed by atoms with Gasteiger partial charge in [-0.2, -0.15) is 0 Å². The molecule has 3 nitrogen and oxygen atoms in total. The zero-order chi connectivity index (χ0) is 19.8. The van der Waals surface area contributed by atoms with Gasteiger partial charge < -0.3 is 0 Å². The molecule has 3 heteroatoms. The standard InChI is InChI=1S/C26H21NO2/c1-26-19-13-7-5-11-17(19)21(18-12-6-8-14-20(18)26)22-23(26)25(29)27(24(22)28)15-16-9-3-2-4-10-16/h2-14,21-23H,15H2,1H3/t21?,22-,23+,26?/m0/s1. The minimum Gasteiger partial charge on any atom is -0.278 e. The van der Waals surface area contributed by atoms with Crippen LogP contribution in [-0.4, -0.2) is 16.7 Å². The van der Waals surface area contributed by atoms with Crippen molar-refractivity contribution >= 4 is 11.8 Å². The Morgan fingerprint density at radius 2 is 1.31 bits per heavy atom. The van der Waals surface area contributed by atoms with Crippen LogP contribution >= 0.6 is 0 Å². The molecule has 0 radical (unpaired) electrons. The minimum absolute atomic E-state index is 0.0240. The quantitative estimate of drug-likeness (QED) is 0.624. The zero-order valence-corrected chi connectivity index (χ0v) is 16.2. The molecule has 142 valence electrons. The van der Waals surface area contributed by atoms with E-state index in [9.17, 15) is 9.59 Å². The fourth-order valence-corrected chi connectivity index (χ4v) is 6.13. The molecule has 0 aromatic heterocycles. The smallest absolute Gasteiger partial charge is 0.234 e. The van der Waals surface area contributed by atoms with Crippen molar-refractivity contribution in [2.45, 2.75) is 24.8 Å². The van der Waals surface area contributed by atoms with E-state index < -0.39 is 5.41 Å². The summed E-state index contributed by atoms with van der Waals surface area (Å²) in [5.41, 5.74) is 5.32. The second-order valence-electron chi connectivity index (χ2n) is 8.61. The topological polar surface area (TPSA) is 37.4 Å². The Bertz CT molecular complexity index is 1120. The van der Waals surface area contributed by atoms with Crippen molar-refractivity contribution in [2.24, 2.45) is 11.8 Å². The molecule has 0 unspecified atom stereocenters. The Balaban J connectivity index is 1.55. The van der Waals surface area contributed by atoms with Gasteiger partial charge in [0.1, 0.15) is 0 Å². The normalized spacial score (nSPS) is 28.9. The van der Waals surface area contributed by atoms with Gasteiger partial charge in [0, 0.05) is 11.3 Å². The van der Waals surface area contributed by atoms with E-state index in [0.29, 0.717) is 6.54 Å². The number of imide groups is 1. The summed E-state index contributed by atoms with van der Waals surface area (Å²) in [7, 11) is 0. The van der Waals surface area contributed by atoms with Crippen LogP contribution in [0.25, 0.3) is 0 Å². The predicted molar refractivity (Wildman–Crippen MR) is 110 cm³/mol. The van der Waals surface area contributed by atoms with Crippen LogP contribution in [0.4, 0.5) is 0 Å². The molecule has 3 aromatic rings. The van der Waals surface area contributed by atoms with E-state index in [1.165, 1.54) is 27.2 Å². The van der Waals surface area contributed by atoms with Crippen LogP contribution < -0.4 is 0 Å². The molecule has 2 amide bonds. The summed E-state index contributed by atoms with van der Waals surface area (Å²) >= 11 is 0. The van der Waals surface area contributed by atoms with E-state index in [1.807, 2.05) is 54.6 Å². The van der Waals surface area contributed by atoms with Crippen LogP contribution in [0.3, 0.4) is 0 Å². The van der Waals surface area contributed by atoms with Crippen LogP contribution in [-0.2, 0) is 21.5 Å². The van der Waals surface area contributed by atoms with E-state index in [1.54, 1.807) is 0 Å². The van der Waals surface area contributed by atoms with Gasteiger partial charge in [-0.15, -0.1) is 0 Å². The third-order valence-electron chi connectivity index (χ3n) is 7.32. The molecule has 3 aliphatic carbocycles. The average Bonchev–Trinajstić information content (AvgIpc) is 3.01. The van der Waals surface area contributed by atoms with Gasteiger partial charge in [-0.05, 0) is 27.8 Å². The van der Waals surface area contributed by atoms with Gasteiger partial charge in [-0.3, -0.25) is 14.5 Å². The first-order chi connectivity index (χ1) is 14.1. The Morgan fingerprint density at radius 1 is 0.759 bits per heavy atom. The van der Waals surface area contributed by atoms with Crippen molar-refractivity contribution in [1.82, 2.24) is 4.90 Å². The Hall–Kier alpha value is -3.20. The number of nitrogens with zero attached hydrogens (tertiary/aromatic N) is 1. The van der Waals surface area contributed by atoms with E-state index in [-0.39, 0.29) is 29.6 Å². The number of amides is 2. The van der Waals surface area contributed by atoms with Crippen LogP contribution in [0.1, 0.15) is 40.7 Å². The fourth-order valence-electron chi connectivity index (χ4n) is 6.13. The van der Waals surface area contributed by atoms with Gasteiger partial charge in [0.15, 0.2) is 0 Å². The molecule has 1 saturated heterocycles. The van der Waals surface area contributed by atoms with Gasteiger partial charge in [0.05, 0.1) is 18.4 Å². The Labute approximate surface area is 170 Å². The molecule has 1 heterocycles. The van der Waals surface area contributed by atoms with Crippen molar-refractivity contribution in [3.05, 3.63) is 107 Å². The summed E-state index contributed by atoms with van der Waals surface area (Å²) in [5.74, 6) is -0.759. The van der Waals surface area contributed by atoms with Gasteiger partial charge >= 0.3 is 0 Å². The van der Waals surface area contributed by atoms with Crippen molar-refractivity contribution < 1.29 is 9.59 Å². The molecule has 0 spiro atoms. The lowest BCUT2D eigenvalue weighted by Gasteiger charge is -2.52. The van der Waals surface area contributed by atoms with Gasteiger partial charge in [-0.1, -0.05) is 85.8 Å². The first-order valence-electron chi connectivity index (χ1n) is 10.2. The highest BCUT2D eigenvalue weighted by atomic mass is 16.2. The van der Waals surface area contributed by atoms with E-state index in [4.69, 9.17) is 0 Å². The molecule has 1 aliphatic heterocycles. The van der Waals surface area contributed by atoms with Crippen molar-refractivity contribution in [3.63, 3.8) is 0 Å². The minimum atomic E-state index is -0.481. The average molecular weight is 379 g/mol. The molecular formula is C26H21NO2.